The number of anilines is 2. The van der Waals surface area contributed by atoms with E-state index >= 15 is 0 Å². The molecule has 0 fully saturated rings. The lowest BCUT2D eigenvalue weighted by atomic mass is 9.85. The summed E-state index contributed by atoms with van der Waals surface area (Å²) in [5.74, 6) is 0. The number of benzene rings is 5. The van der Waals surface area contributed by atoms with Crippen LogP contribution in [0, 0.1) is 22.7 Å². The van der Waals surface area contributed by atoms with Gasteiger partial charge in [0, 0.05) is 29.1 Å². The summed E-state index contributed by atoms with van der Waals surface area (Å²) in [6.07, 6.45) is 2.68. The van der Waals surface area contributed by atoms with E-state index in [9.17, 15) is 10.5 Å². The first-order valence-electron chi connectivity index (χ1n) is 18.1. The highest BCUT2D eigenvalue weighted by Gasteiger charge is 2.25. The molecule has 1 heterocycles. The SMILES string of the molecule is C=CCc1cc(C(C)(C)C)ccc1N(C)c1cc(-c2cccc(C#N)c2)c(C#N)cc1-n1c2ccc(C(C)(C)C)cc2c2cc(C(C)(C)C)ccc21. The molecular formula is C48H50N4. The van der Waals surface area contributed by atoms with Crippen molar-refractivity contribution in [2.45, 2.75) is 85.0 Å². The first-order chi connectivity index (χ1) is 24.5. The molecule has 0 spiro atoms. The summed E-state index contributed by atoms with van der Waals surface area (Å²) in [7, 11) is 2.11. The van der Waals surface area contributed by atoms with Gasteiger partial charge in [0.1, 0.15) is 0 Å². The third kappa shape index (κ3) is 6.63. The molecule has 4 nitrogen and oxygen atoms in total. The molecule has 0 bridgehead atoms. The van der Waals surface area contributed by atoms with E-state index in [1.54, 1.807) is 6.07 Å². The van der Waals surface area contributed by atoms with Crippen molar-refractivity contribution < 1.29 is 0 Å². The van der Waals surface area contributed by atoms with Crippen molar-refractivity contribution in [3.8, 4) is 29.0 Å². The molecule has 0 aliphatic heterocycles. The van der Waals surface area contributed by atoms with Crippen LogP contribution in [0.2, 0.25) is 0 Å². The standard InChI is InChI=1S/C48H50N4/c1-12-14-33-24-35(46(2,3)4)17-20-41(33)51(11)44-28-38(32-16-13-15-31(23-32)29-49)34(30-50)25-45(44)52-42-21-18-36(47(5,6)7)26-39(42)40-27-37(48(8,9)10)19-22-43(40)52/h12-13,15-28H,1,14H2,2-11H3. The molecule has 0 amide bonds. The van der Waals surface area contributed by atoms with Crippen molar-refractivity contribution in [1.29, 1.82) is 10.5 Å². The molecule has 0 aliphatic carbocycles. The second-order valence-electron chi connectivity index (χ2n) is 17.1. The number of nitriles is 2. The topological polar surface area (TPSA) is 55.8 Å². The molecule has 1 aromatic heterocycles. The minimum absolute atomic E-state index is 0.00760. The molecule has 52 heavy (non-hydrogen) atoms. The van der Waals surface area contributed by atoms with Crippen LogP contribution in [-0.4, -0.2) is 11.6 Å². The van der Waals surface area contributed by atoms with Crippen LogP contribution in [-0.2, 0) is 22.7 Å². The van der Waals surface area contributed by atoms with Crippen LogP contribution in [0.3, 0.4) is 0 Å². The molecule has 262 valence electrons. The van der Waals surface area contributed by atoms with Crippen LogP contribution in [0.1, 0.15) is 95.7 Å². The zero-order valence-electron chi connectivity index (χ0n) is 32.4. The highest BCUT2D eigenvalue weighted by molar-refractivity contribution is 6.10. The second-order valence-corrected chi connectivity index (χ2v) is 17.1. The first kappa shape index (κ1) is 36.2. The highest BCUT2D eigenvalue weighted by Crippen LogP contribution is 2.44. The van der Waals surface area contributed by atoms with Crippen molar-refractivity contribution in [2.75, 3.05) is 11.9 Å². The van der Waals surface area contributed by atoms with Gasteiger partial charge in [-0.1, -0.05) is 105 Å². The lowest BCUT2D eigenvalue weighted by Crippen LogP contribution is -2.17. The minimum Gasteiger partial charge on any atom is -0.343 e. The molecule has 0 saturated heterocycles. The van der Waals surface area contributed by atoms with Gasteiger partial charge in [0.2, 0.25) is 0 Å². The third-order valence-corrected chi connectivity index (χ3v) is 10.3. The summed E-state index contributed by atoms with van der Waals surface area (Å²) in [5.41, 5.74) is 12.8. The molecule has 0 aliphatic rings. The molecule has 0 atom stereocenters. The Morgan fingerprint density at radius 3 is 1.73 bits per heavy atom. The van der Waals surface area contributed by atoms with E-state index in [4.69, 9.17) is 0 Å². The van der Waals surface area contributed by atoms with Crippen LogP contribution in [0.4, 0.5) is 11.4 Å². The maximum Gasteiger partial charge on any atom is 0.0998 e. The van der Waals surface area contributed by atoms with Gasteiger partial charge in [-0.3, -0.25) is 0 Å². The van der Waals surface area contributed by atoms with Gasteiger partial charge in [0.15, 0.2) is 0 Å². The summed E-state index contributed by atoms with van der Waals surface area (Å²) < 4.78 is 2.34. The fraction of sp³-hybridized carbons (Fsp3) is 0.292. The van der Waals surface area contributed by atoms with Crippen molar-refractivity contribution in [2.24, 2.45) is 0 Å². The second kappa shape index (κ2) is 13.2. The lowest BCUT2D eigenvalue weighted by molar-refractivity contribution is 0.589. The van der Waals surface area contributed by atoms with Crippen molar-refractivity contribution >= 4 is 33.2 Å². The smallest absolute Gasteiger partial charge is 0.0998 e. The molecule has 0 unspecified atom stereocenters. The molecule has 6 rings (SSSR count). The molecular weight excluding hydrogens is 633 g/mol. The maximum atomic E-state index is 10.7. The van der Waals surface area contributed by atoms with E-state index in [0.29, 0.717) is 17.5 Å². The van der Waals surface area contributed by atoms with Gasteiger partial charge in [-0.25, -0.2) is 0 Å². The van der Waals surface area contributed by atoms with Gasteiger partial charge in [-0.05, 0) is 105 Å². The van der Waals surface area contributed by atoms with Crippen molar-refractivity contribution in [3.63, 3.8) is 0 Å². The van der Waals surface area contributed by atoms with Gasteiger partial charge >= 0.3 is 0 Å². The molecule has 0 saturated carbocycles. The average Bonchev–Trinajstić information content (AvgIpc) is 3.42. The fourth-order valence-electron chi connectivity index (χ4n) is 7.16. The fourth-order valence-corrected chi connectivity index (χ4v) is 7.16. The van der Waals surface area contributed by atoms with Crippen molar-refractivity contribution in [1.82, 2.24) is 4.57 Å². The summed E-state index contributed by atoms with van der Waals surface area (Å²) in [6.45, 7) is 24.4. The summed E-state index contributed by atoms with van der Waals surface area (Å²) >= 11 is 0. The molecule has 0 N–H and O–H groups in total. The predicted octanol–water partition coefficient (Wildman–Crippen LogP) is 12.6. The number of fused-ring (bicyclic) bond motifs is 3. The number of hydrogen-bond acceptors (Lipinski definition) is 3. The van der Waals surface area contributed by atoms with Crippen LogP contribution >= 0.6 is 0 Å². The van der Waals surface area contributed by atoms with Gasteiger partial charge in [0.25, 0.3) is 0 Å². The van der Waals surface area contributed by atoms with Crippen LogP contribution < -0.4 is 4.90 Å². The Morgan fingerprint density at radius 1 is 0.654 bits per heavy atom. The summed E-state index contributed by atoms with van der Waals surface area (Å²) in [4.78, 5) is 2.25. The molecule has 0 radical (unpaired) electrons. The Labute approximate surface area is 310 Å². The van der Waals surface area contributed by atoms with E-state index in [1.165, 1.54) is 33.0 Å². The van der Waals surface area contributed by atoms with Crippen LogP contribution in [0.5, 0.6) is 0 Å². The number of allylic oxidation sites excluding steroid dienone is 1. The zero-order valence-corrected chi connectivity index (χ0v) is 32.4. The number of hydrogen-bond donors (Lipinski definition) is 0. The Hall–Kier alpha value is -5.58. The highest BCUT2D eigenvalue weighted by atomic mass is 15.1. The van der Waals surface area contributed by atoms with Crippen molar-refractivity contribution in [3.05, 3.63) is 137 Å². The number of nitrogens with zero attached hydrogens (tertiary/aromatic N) is 4. The minimum atomic E-state index is -0.0238. The Morgan fingerprint density at radius 2 is 1.21 bits per heavy atom. The lowest BCUT2D eigenvalue weighted by Gasteiger charge is -2.29. The van der Waals surface area contributed by atoms with Crippen LogP contribution in [0.25, 0.3) is 38.6 Å². The van der Waals surface area contributed by atoms with Crippen LogP contribution in [0.15, 0.2) is 104 Å². The largest absolute Gasteiger partial charge is 0.343 e. The van der Waals surface area contributed by atoms with E-state index in [1.807, 2.05) is 30.3 Å². The Bertz CT molecular complexity index is 2370. The Balaban J connectivity index is 1.74. The van der Waals surface area contributed by atoms with E-state index in [0.717, 1.165) is 39.2 Å². The molecule has 5 aromatic carbocycles. The predicted molar refractivity (Wildman–Crippen MR) is 220 cm³/mol. The van der Waals surface area contributed by atoms with Gasteiger partial charge in [-0.2, -0.15) is 10.5 Å². The molecule has 6 aromatic rings. The summed E-state index contributed by atoms with van der Waals surface area (Å²) in [5, 5.41) is 22.9. The number of rotatable bonds is 6. The average molecular weight is 683 g/mol. The Kier molecular flexibility index (Phi) is 9.19. The maximum absolute atomic E-state index is 10.7. The van der Waals surface area contributed by atoms with E-state index < -0.39 is 0 Å². The quantitative estimate of drug-likeness (QED) is 0.164. The number of aromatic nitrogens is 1. The normalized spacial score (nSPS) is 12.2. The van der Waals surface area contributed by atoms with Gasteiger partial charge in [-0.15, -0.1) is 6.58 Å². The van der Waals surface area contributed by atoms with E-state index in [-0.39, 0.29) is 16.2 Å². The van der Waals surface area contributed by atoms with E-state index in [2.05, 4.69) is 158 Å². The van der Waals surface area contributed by atoms with Gasteiger partial charge in [0.05, 0.1) is 45.7 Å². The molecule has 4 heteroatoms. The first-order valence-corrected chi connectivity index (χ1v) is 18.1. The van der Waals surface area contributed by atoms with Gasteiger partial charge < -0.3 is 9.47 Å². The summed E-state index contributed by atoms with van der Waals surface area (Å²) in [6, 6.07) is 36.9. The zero-order chi connectivity index (χ0) is 37.7. The monoisotopic (exact) mass is 682 g/mol. The third-order valence-electron chi connectivity index (χ3n) is 10.3.